The highest BCUT2D eigenvalue weighted by atomic mass is 16.2. The van der Waals surface area contributed by atoms with E-state index in [0.29, 0.717) is 12.8 Å². The molecule has 0 saturated heterocycles. The van der Waals surface area contributed by atoms with Crippen molar-refractivity contribution >= 4 is 5.91 Å². The van der Waals surface area contributed by atoms with Crippen LogP contribution in [-0.4, -0.2) is 36.6 Å². The number of aliphatic hydroxyl groups excluding tert-OH is 1. The molecule has 0 radical (unpaired) electrons. The summed E-state index contributed by atoms with van der Waals surface area (Å²) in [5, 5.41) is 8.47. The molecule has 0 aliphatic rings. The number of rotatable bonds is 6. The molecule has 3 heteroatoms. The van der Waals surface area contributed by atoms with Crippen LogP contribution in [0.25, 0.3) is 0 Å². The molecule has 0 aromatic rings. The smallest absolute Gasteiger partial charge is 0.222 e. The second-order valence-electron chi connectivity index (χ2n) is 3.16. The highest BCUT2D eigenvalue weighted by molar-refractivity contribution is 5.75. The number of nitrogens with zero attached hydrogens (tertiary/aromatic N) is 1. The maximum absolute atomic E-state index is 11.1. The zero-order chi connectivity index (χ0) is 10.1. The first-order valence-electron chi connectivity index (χ1n) is 4.64. The fraction of sp³-hybridized carbons (Fsp3) is 0.700. The summed E-state index contributed by atoms with van der Waals surface area (Å²) in [6, 6.07) is 0. The molecule has 0 atom stereocenters. The maximum atomic E-state index is 11.1. The molecule has 3 nitrogen and oxygen atoms in total. The minimum absolute atomic E-state index is 0.176. The van der Waals surface area contributed by atoms with Gasteiger partial charge in [-0.2, -0.15) is 0 Å². The first-order chi connectivity index (χ1) is 6.18. The molecule has 0 rings (SSSR count). The normalized spacial score (nSPS) is 10.7. The fourth-order valence-corrected chi connectivity index (χ4v) is 0.905. The third kappa shape index (κ3) is 7.53. The summed E-state index contributed by atoms with van der Waals surface area (Å²) in [5.41, 5.74) is 0. The van der Waals surface area contributed by atoms with Gasteiger partial charge >= 0.3 is 0 Å². The van der Waals surface area contributed by atoms with Gasteiger partial charge in [0.15, 0.2) is 0 Å². The Morgan fingerprint density at radius 3 is 2.46 bits per heavy atom. The van der Waals surface area contributed by atoms with Gasteiger partial charge in [0.05, 0.1) is 0 Å². The Bertz CT molecular complexity index is 164. The van der Waals surface area contributed by atoms with Crippen molar-refractivity contribution in [2.24, 2.45) is 0 Å². The monoisotopic (exact) mass is 185 g/mol. The van der Waals surface area contributed by atoms with Crippen LogP contribution in [0.2, 0.25) is 0 Å². The molecule has 0 aliphatic carbocycles. The van der Waals surface area contributed by atoms with E-state index in [-0.39, 0.29) is 12.5 Å². The number of allylic oxidation sites excluding steroid dienone is 1. The minimum atomic E-state index is 0.176. The van der Waals surface area contributed by atoms with E-state index in [2.05, 4.69) is 0 Å². The number of carbonyl (C=O) groups excluding carboxylic acids is 1. The van der Waals surface area contributed by atoms with Crippen LogP contribution in [0.3, 0.4) is 0 Å². The first kappa shape index (κ1) is 12.2. The number of hydrogen-bond donors (Lipinski definition) is 1. The van der Waals surface area contributed by atoms with Crippen molar-refractivity contribution in [2.45, 2.75) is 25.7 Å². The lowest BCUT2D eigenvalue weighted by Crippen LogP contribution is -2.20. The number of amides is 1. The predicted molar refractivity (Wildman–Crippen MR) is 53.4 cm³/mol. The van der Waals surface area contributed by atoms with Gasteiger partial charge in [-0.25, -0.2) is 0 Å². The zero-order valence-electron chi connectivity index (χ0n) is 8.49. The quantitative estimate of drug-likeness (QED) is 0.498. The Kier molecular flexibility index (Phi) is 7.30. The van der Waals surface area contributed by atoms with Gasteiger partial charge in [0.25, 0.3) is 0 Å². The van der Waals surface area contributed by atoms with Gasteiger partial charge in [0.2, 0.25) is 5.91 Å². The third-order valence-corrected chi connectivity index (χ3v) is 1.72. The molecule has 1 N–H and O–H groups in total. The van der Waals surface area contributed by atoms with Crippen molar-refractivity contribution in [1.29, 1.82) is 0 Å². The topological polar surface area (TPSA) is 40.5 Å². The van der Waals surface area contributed by atoms with E-state index < -0.39 is 0 Å². The summed E-state index contributed by atoms with van der Waals surface area (Å²) in [5.74, 6) is 0.176. The second kappa shape index (κ2) is 7.80. The summed E-state index contributed by atoms with van der Waals surface area (Å²) in [7, 11) is 3.54. The number of hydrogen-bond acceptors (Lipinski definition) is 2. The van der Waals surface area contributed by atoms with Crippen LogP contribution in [0.1, 0.15) is 25.7 Å². The fourth-order valence-electron chi connectivity index (χ4n) is 0.905. The lowest BCUT2D eigenvalue weighted by molar-refractivity contribution is -0.128. The van der Waals surface area contributed by atoms with Crippen LogP contribution in [0.15, 0.2) is 12.2 Å². The Morgan fingerprint density at radius 2 is 1.92 bits per heavy atom. The van der Waals surface area contributed by atoms with Gasteiger partial charge in [-0.05, 0) is 19.3 Å². The average molecular weight is 185 g/mol. The Balaban J connectivity index is 3.30. The molecule has 0 bridgehead atoms. The van der Waals surface area contributed by atoms with Crippen molar-refractivity contribution in [3.8, 4) is 0 Å². The SMILES string of the molecule is CN(C)C(=O)CCC/C=C\CCO. The van der Waals surface area contributed by atoms with E-state index in [1.807, 2.05) is 12.2 Å². The predicted octanol–water partition coefficient (Wildman–Crippen LogP) is 1.18. The summed E-state index contributed by atoms with van der Waals surface area (Å²) in [6.45, 7) is 0.202. The lowest BCUT2D eigenvalue weighted by Gasteiger charge is -2.08. The number of carbonyl (C=O) groups is 1. The Morgan fingerprint density at radius 1 is 1.31 bits per heavy atom. The molecule has 0 aliphatic heterocycles. The van der Waals surface area contributed by atoms with Crippen LogP contribution >= 0.6 is 0 Å². The minimum Gasteiger partial charge on any atom is -0.396 e. The number of unbranched alkanes of at least 4 members (excludes halogenated alkanes) is 1. The van der Waals surface area contributed by atoms with Crippen LogP contribution in [0.4, 0.5) is 0 Å². The van der Waals surface area contributed by atoms with E-state index in [1.54, 1.807) is 19.0 Å². The van der Waals surface area contributed by atoms with Crippen molar-refractivity contribution in [2.75, 3.05) is 20.7 Å². The van der Waals surface area contributed by atoms with E-state index in [4.69, 9.17) is 5.11 Å². The van der Waals surface area contributed by atoms with Crippen LogP contribution in [0, 0.1) is 0 Å². The lowest BCUT2D eigenvalue weighted by atomic mass is 10.2. The number of aliphatic hydroxyl groups is 1. The van der Waals surface area contributed by atoms with Gasteiger partial charge in [0.1, 0.15) is 0 Å². The zero-order valence-corrected chi connectivity index (χ0v) is 8.49. The molecule has 0 aromatic carbocycles. The summed E-state index contributed by atoms with van der Waals surface area (Å²) in [4.78, 5) is 12.7. The molecule has 0 saturated carbocycles. The van der Waals surface area contributed by atoms with Crippen molar-refractivity contribution in [1.82, 2.24) is 4.90 Å². The highest BCUT2D eigenvalue weighted by Crippen LogP contribution is 1.99. The standard InChI is InChI=1S/C10H19NO2/c1-11(2)10(13)8-6-4-3-5-7-9-12/h3,5,12H,4,6-9H2,1-2H3/b5-3-. The van der Waals surface area contributed by atoms with Crippen molar-refractivity contribution < 1.29 is 9.90 Å². The average Bonchev–Trinajstić information content (AvgIpc) is 2.10. The molecule has 0 fully saturated rings. The van der Waals surface area contributed by atoms with Gasteiger partial charge < -0.3 is 10.0 Å². The van der Waals surface area contributed by atoms with Gasteiger partial charge in [-0.15, -0.1) is 0 Å². The van der Waals surface area contributed by atoms with Crippen LogP contribution in [-0.2, 0) is 4.79 Å². The first-order valence-corrected chi connectivity index (χ1v) is 4.64. The molecular weight excluding hydrogens is 166 g/mol. The molecule has 0 aromatic heterocycles. The summed E-state index contributed by atoms with van der Waals surface area (Å²) < 4.78 is 0. The van der Waals surface area contributed by atoms with Crippen LogP contribution in [0.5, 0.6) is 0 Å². The second-order valence-corrected chi connectivity index (χ2v) is 3.16. The van der Waals surface area contributed by atoms with Crippen molar-refractivity contribution in [3.05, 3.63) is 12.2 Å². The van der Waals surface area contributed by atoms with E-state index in [9.17, 15) is 4.79 Å². The Hall–Kier alpha value is -0.830. The summed E-state index contributed by atoms with van der Waals surface area (Å²) >= 11 is 0. The highest BCUT2D eigenvalue weighted by Gasteiger charge is 2.00. The van der Waals surface area contributed by atoms with E-state index in [1.165, 1.54) is 0 Å². The third-order valence-electron chi connectivity index (χ3n) is 1.72. The molecule has 1 amide bonds. The molecule has 13 heavy (non-hydrogen) atoms. The Labute approximate surface area is 80.0 Å². The molecule has 0 unspecified atom stereocenters. The molecular formula is C10H19NO2. The molecule has 76 valence electrons. The molecule has 0 heterocycles. The largest absolute Gasteiger partial charge is 0.396 e. The van der Waals surface area contributed by atoms with Crippen molar-refractivity contribution in [3.63, 3.8) is 0 Å². The summed E-state index contributed by atoms with van der Waals surface area (Å²) in [6.07, 6.45) is 7.08. The maximum Gasteiger partial charge on any atom is 0.222 e. The van der Waals surface area contributed by atoms with Gasteiger partial charge in [0, 0.05) is 27.1 Å². The van der Waals surface area contributed by atoms with E-state index in [0.717, 1.165) is 12.8 Å². The van der Waals surface area contributed by atoms with Gasteiger partial charge in [-0.3, -0.25) is 4.79 Å². The molecule has 0 spiro atoms. The van der Waals surface area contributed by atoms with E-state index >= 15 is 0 Å². The van der Waals surface area contributed by atoms with Gasteiger partial charge in [-0.1, -0.05) is 12.2 Å². The van der Waals surface area contributed by atoms with Crippen LogP contribution < -0.4 is 0 Å².